The fourth-order valence-corrected chi connectivity index (χ4v) is 2.55. The molecule has 4 nitrogen and oxygen atoms in total. The zero-order valence-electron chi connectivity index (χ0n) is 8.71. The van der Waals surface area contributed by atoms with Crippen LogP contribution in [-0.2, 0) is 13.5 Å². The highest BCUT2D eigenvalue weighted by molar-refractivity contribution is 7.10. The highest BCUT2D eigenvalue weighted by atomic mass is 32.1. The van der Waals surface area contributed by atoms with Crippen LogP contribution in [0.3, 0.4) is 0 Å². The molecule has 0 radical (unpaired) electrons. The fourth-order valence-electron chi connectivity index (χ4n) is 1.56. The van der Waals surface area contributed by atoms with Crippen LogP contribution in [0.5, 0.6) is 0 Å². The van der Waals surface area contributed by atoms with Crippen LogP contribution >= 0.6 is 11.3 Å². The van der Waals surface area contributed by atoms with E-state index in [1.165, 1.54) is 5.56 Å². The molecule has 5 heteroatoms. The van der Waals surface area contributed by atoms with E-state index in [4.69, 9.17) is 0 Å². The molecule has 1 unspecified atom stereocenters. The van der Waals surface area contributed by atoms with Crippen molar-refractivity contribution in [1.82, 2.24) is 15.0 Å². The minimum absolute atomic E-state index is 0.611. The molecule has 0 aliphatic rings. The second kappa shape index (κ2) is 4.12. The maximum atomic E-state index is 10.2. The van der Waals surface area contributed by atoms with Crippen molar-refractivity contribution in [2.75, 3.05) is 0 Å². The summed E-state index contributed by atoms with van der Waals surface area (Å²) in [5.74, 6) is 0. The Morgan fingerprint density at radius 1 is 1.60 bits per heavy atom. The molecule has 80 valence electrons. The van der Waals surface area contributed by atoms with Crippen molar-refractivity contribution >= 4 is 11.3 Å². The van der Waals surface area contributed by atoms with E-state index in [-0.39, 0.29) is 0 Å². The van der Waals surface area contributed by atoms with E-state index in [1.54, 1.807) is 29.3 Å². The van der Waals surface area contributed by atoms with Gasteiger partial charge in [-0.05, 0) is 23.4 Å². The van der Waals surface area contributed by atoms with E-state index in [9.17, 15) is 5.11 Å². The first-order valence-electron chi connectivity index (χ1n) is 4.83. The molecule has 0 amide bonds. The Labute approximate surface area is 92.2 Å². The van der Waals surface area contributed by atoms with Crippen LogP contribution < -0.4 is 0 Å². The molecule has 1 N–H and O–H groups in total. The SMILES string of the molecule is CCc1ccsc1C(O)c1cnnn1C. The lowest BCUT2D eigenvalue weighted by atomic mass is 10.1. The molecule has 2 heterocycles. The van der Waals surface area contributed by atoms with Crippen LogP contribution in [0.4, 0.5) is 0 Å². The van der Waals surface area contributed by atoms with Gasteiger partial charge in [0.2, 0.25) is 0 Å². The van der Waals surface area contributed by atoms with Gasteiger partial charge in [-0.3, -0.25) is 0 Å². The maximum Gasteiger partial charge on any atom is 0.132 e. The van der Waals surface area contributed by atoms with Crippen molar-refractivity contribution in [3.8, 4) is 0 Å². The van der Waals surface area contributed by atoms with E-state index in [1.807, 2.05) is 11.4 Å². The normalized spacial score (nSPS) is 13.0. The summed E-state index contributed by atoms with van der Waals surface area (Å²) in [4.78, 5) is 0.989. The largest absolute Gasteiger partial charge is 0.381 e. The number of hydrogen-bond acceptors (Lipinski definition) is 4. The minimum Gasteiger partial charge on any atom is -0.381 e. The van der Waals surface area contributed by atoms with Gasteiger partial charge in [-0.25, -0.2) is 4.68 Å². The number of rotatable bonds is 3. The molecule has 2 rings (SSSR count). The average molecular weight is 223 g/mol. The Morgan fingerprint density at radius 3 is 3.00 bits per heavy atom. The minimum atomic E-state index is -0.611. The van der Waals surface area contributed by atoms with E-state index < -0.39 is 6.10 Å². The van der Waals surface area contributed by atoms with Gasteiger partial charge in [0.1, 0.15) is 6.10 Å². The predicted octanol–water partition coefficient (Wildman–Crippen LogP) is 1.52. The average Bonchev–Trinajstić information content (AvgIpc) is 2.84. The summed E-state index contributed by atoms with van der Waals surface area (Å²) in [6.45, 7) is 2.08. The summed E-state index contributed by atoms with van der Waals surface area (Å²) in [6.07, 6.45) is 1.92. The van der Waals surface area contributed by atoms with E-state index in [2.05, 4.69) is 17.2 Å². The van der Waals surface area contributed by atoms with Gasteiger partial charge in [0.15, 0.2) is 0 Å². The number of aliphatic hydroxyl groups excluding tert-OH is 1. The number of aliphatic hydroxyl groups is 1. The third-order valence-corrected chi connectivity index (χ3v) is 3.45. The van der Waals surface area contributed by atoms with Gasteiger partial charge in [0, 0.05) is 11.9 Å². The van der Waals surface area contributed by atoms with Crippen molar-refractivity contribution in [2.24, 2.45) is 7.05 Å². The molecule has 0 bridgehead atoms. The van der Waals surface area contributed by atoms with Gasteiger partial charge in [-0.1, -0.05) is 12.1 Å². The second-order valence-electron chi connectivity index (χ2n) is 3.35. The summed E-state index contributed by atoms with van der Waals surface area (Å²) in [5.41, 5.74) is 1.92. The number of thiophene rings is 1. The highest BCUT2D eigenvalue weighted by Gasteiger charge is 2.18. The van der Waals surface area contributed by atoms with Crippen molar-refractivity contribution in [2.45, 2.75) is 19.4 Å². The topological polar surface area (TPSA) is 50.9 Å². The summed E-state index contributed by atoms with van der Waals surface area (Å²) in [6, 6.07) is 2.05. The zero-order chi connectivity index (χ0) is 10.8. The quantitative estimate of drug-likeness (QED) is 0.858. The Morgan fingerprint density at radius 2 is 2.40 bits per heavy atom. The molecular formula is C10H13N3OS. The number of aromatic nitrogens is 3. The molecule has 0 aromatic carbocycles. The third-order valence-electron chi connectivity index (χ3n) is 2.44. The van der Waals surface area contributed by atoms with E-state index in [0.717, 1.165) is 17.0 Å². The smallest absolute Gasteiger partial charge is 0.132 e. The molecule has 15 heavy (non-hydrogen) atoms. The van der Waals surface area contributed by atoms with Crippen LogP contribution in [-0.4, -0.2) is 20.1 Å². The monoisotopic (exact) mass is 223 g/mol. The summed E-state index contributed by atoms with van der Waals surface area (Å²) in [5, 5.41) is 19.8. The Balaban J connectivity index is 2.36. The molecule has 0 aliphatic heterocycles. The highest BCUT2D eigenvalue weighted by Crippen LogP contribution is 2.29. The predicted molar refractivity (Wildman–Crippen MR) is 58.8 cm³/mol. The van der Waals surface area contributed by atoms with Gasteiger partial charge in [-0.2, -0.15) is 0 Å². The summed E-state index contributed by atoms with van der Waals surface area (Å²) >= 11 is 1.57. The lowest BCUT2D eigenvalue weighted by molar-refractivity contribution is 0.212. The first-order chi connectivity index (χ1) is 7.24. The zero-order valence-corrected chi connectivity index (χ0v) is 9.53. The standard InChI is InChI=1S/C10H13N3OS/c1-3-7-4-5-15-10(7)9(14)8-6-11-12-13(8)2/h4-6,9,14H,3H2,1-2H3. The summed E-state index contributed by atoms with van der Waals surface area (Å²) < 4.78 is 1.60. The van der Waals surface area contributed by atoms with Crippen molar-refractivity contribution in [1.29, 1.82) is 0 Å². The molecule has 2 aromatic heterocycles. The Kier molecular flexibility index (Phi) is 2.83. The van der Waals surface area contributed by atoms with Crippen LogP contribution in [0, 0.1) is 0 Å². The first kappa shape index (κ1) is 10.3. The van der Waals surface area contributed by atoms with Gasteiger partial charge in [-0.15, -0.1) is 16.4 Å². The van der Waals surface area contributed by atoms with Gasteiger partial charge < -0.3 is 5.11 Å². The Hall–Kier alpha value is -1.20. The molecule has 0 fully saturated rings. The van der Waals surface area contributed by atoms with Gasteiger partial charge >= 0.3 is 0 Å². The van der Waals surface area contributed by atoms with E-state index >= 15 is 0 Å². The molecule has 1 atom stereocenters. The first-order valence-corrected chi connectivity index (χ1v) is 5.71. The van der Waals surface area contributed by atoms with Crippen molar-refractivity contribution in [3.63, 3.8) is 0 Å². The van der Waals surface area contributed by atoms with Crippen LogP contribution in [0.25, 0.3) is 0 Å². The maximum absolute atomic E-state index is 10.2. The number of aryl methyl sites for hydroxylation is 2. The summed E-state index contributed by atoms with van der Waals surface area (Å²) in [7, 11) is 1.78. The number of nitrogens with zero attached hydrogens (tertiary/aromatic N) is 3. The lowest BCUT2D eigenvalue weighted by Gasteiger charge is -2.10. The van der Waals surface area contributed by atoms with Crippen molar-refractivity contribution in [3.05, 3.63) is 33.8 Å². The van der Waals surface area contributed by atoms with Gasteiger partial charge in [0.25, 0.3) is 0 Å². The van der Waals surface area contributed by atoms with Crippen LogP contribution in [0.1, 0.15) is 29.2 Å². The number of hydrogen-bond donors (Lipinski definition) is 1. The van der Waals surface area contributed by atoms with Gasteiger partial charge in [0.05, 0.1) is 11.9 Å². The molecule has 0 spiro atoms. The van der Waals surface area contributed by atoms with Crippen molar-refractivity contribution < 1.29 is 5.11 Å². The second-order valence-corrected chi connectivity index (χ2v) is 4.30. The van der Waals surface area contributed by atoms with Crippen LogP contribution in [0.15, 0.2) is 17.6 Å². The molecular weight excluding hydrogens is 210 g/mol. The van der Waals surface area contributed by atoms with E-state index in [0.29, 0.717) is 0 Å². The molecule has 0 saturated carbocycles. The third kappa shape index (κ3) is 1.80. The molecule has 0 aliphatic carbocycles. The molecule has 2 aromatic rings. The van der Waals surface area contributed by atoms with Crippen LogP contribution in [0.2, 0.25) is 0 Å². The molecule has 0 saturated heterocycles. The fraction of sp³-hybridized carbons (Fsp3) is 0.400. The lowest BCUT2D eigenvalue weighted by Crippen LogP contribution is -2.06. The Bertz CT molecular complexity index is 449.